The summed E-state index contributed by atoms with van der Waals surface area (Å²) in [5.74, 6) is 0. The molecule has 3 aromatic rings. The average molecular weight is 339 g/mol. The SMILES string of the molecule is Brc1cccc(NC(c2ccccc2)c2ccncc2)c1. The van der Waals surface area contributed by atoms with Crippen LogP contribution in [0.15, 0.2) is 83.6 Å². The molecule has 1 heterocycles. The van der Waals surface area contributed by atoms with Crippen molar-refractivity contribution in [1.29, 1.82) is 0 Å². The topological polar surface area (TPSA) is 24.9 Å². The Hall–Kier alpha value is -2.13. The van der Waals surface area contributed by atoms with Crippen LogP contribution >= 0.6 is 15.9 Å². The molecule has 0 fully saturated rings. The Morgan fingerprint density at radius 3 is 2.24 bits per heavy atom. The summed E-state index contributed by atoms with van der Waals surface area (Å²) >= 11 is 3.51. The van der Waals surface area contributed by atoms with Gasteiger partial charge < -0.3 is 5.32 Å². The smallest absolute Gasteiger partial charge is 0.0768 e. The van der Waals surface area contributed by atoms with E-state index in [2.05, 4.69) is 62.6 Å². The van der Waals surface area contributed by atoms with Gasteiger partial charge in [0.15, 0.2) is 0 Å². The van der Waals surface area contributed by atoms with Gasteiger partial charge in [-0.25, -0.2) is 0 Å². The maximum atomic E-state index is 4.11. The average Bonchev–Trinajstić information content (AvgIpc) is 2.54. The van der Waals surface area contributed by atoms with Gasteiger partial charge in [-0.2, -0.15) is 0 Å². The third-order valence-corrected chi connectivity index (χ3v) is 3.80. The van der Waals surface area contributed by atoms with Crippen LogP contribution in [0, 0.1) is 0 Å². The van der Waals surface area contributed by atoms with Gasteiger partial charge in [0.2, 0.25) is 0 Å². The first kappa shape index (κ1) is 13.8. The molecular formula is C18H15BrN2. The fourth-order valence-corrected chi connectivity index (χ4v) is 2.70. The number of hydrogen-bond acceptors (Lipinski definition) is 2. The first-order valence-electron chi connectivity index (χ1n) is 6.80. The first-order valence-corrected chi connectivity index (χ1v) is 7.59. The van der Waals surface area contributed by atoms with E-state index in [1.807, 2.05) is 42.7 Å². The second-order valence-corrected chi connectivity index (χ2v) is 5.69. The largest absolute Gasteiger partial charge is 0.374 e. The lowest BCUT2D eigenvalue weighted by molar-refractivity contribution is 0.934. The quantitative estimate of drug-likeness (QED) is 0.720. The van der Waals surface area contributed by atoms with Crippen molar-refractivity contribution in [2.24, 2.45) is 0 Å². The van der Waals surface area contributed by atoms with E-state index in [1.165, 1.54) is 11.1 Å². The molecule has 0 aliphatic rings. The molecule has 0 aliphatic heterocycles. The molecule has 0 radical (unpaired) electrons. The van der Waals surface area contributed by atoms with E-state index in [0.717, 1.165) is 10.2 Å². The Labute approximate surface area is 133 Å². The van der Waals surface area contributed by atoms with Crippen LogP contribution in [0.4, 0.5) is 5.69 Å². The van der Waals surface area contributed by atoms with Crippen LogP contribution in [0.3, 0.4) is 0 Å². The molecule has 3 rings (SSSR count). The summed E-state index contributed by atoms with van der Waals surface area (Å²) in [5.41, 5.74) is 3.50. The van der Waals surface area contributed by atoms with Gasteiger partial charge in [0, 0.05) is 22.6 Å². The number of nitrogens with zero attached hydrogens (tertiary/aromatic N) is 1. The van der Waals surface area contributed by atoms with Gasteiger partial charge in [0.05, 0.1) is 6.04 Å². The number of pyridine rings is 1. The van der Waals surface area contributed by atoms with E-state index in [-0.39, 0.29) is 6.04 Å². The standard InChI is InChI=1S/C18H15BrN2/c19-16-7-4-8-17(13-16)21-18(14-5-2-1-3-6-14)15-9-11-20-12-10-15/h1-13,18,21H. The molecule has 21 heavy (non-hydrogen) atoms. The van der Waals surface area contributed by atoms with Crippen molar-refractivity contribution in [2.45, 2.75) is 6.04 Å². The molecule has 0 amide bonds. The predicted octanol–water partition coefficient (Wildman–Crippen LogP) is 5.05. The second kappa shape index (κ2) is 6.55. The van der Waals surface area contributed by atoms with Gasteiger partial charge in [-0.3, -0.25) is 4.98 Å². The molecule has 3 heteroatoms. The maximum absolute atomic E-state index is 4.11. The van der Waals surface area contributed by atoms with Crippen LogP contribution in [0.25, 0.3) is 0 Å². The van der Waals surface area contributed by atoms with Gasteiger partial charge in [-0.15, -0.1) is 0 Å². The Kier molecular flexibility index (Phi) is 4.31. The molecule has 0 aliphatic carbocycles. The molecule has 2 aromatic carbocycles. The maximum Gasteiger partial charge on any atom is 0.0768 e. The van der Waals surface area contributed by atoms with E-state index in [0.29, 0.717) is 0 Å². The zero-order valence-corrected chi connectivity index (χ0v) is 13.0. The molecular weight excluding hydrogens is 324 g/mol. The van der Waals surface area contributed by atoms with Gasteiger partial charge in [0.25, 0.3) is 0 Å². The molecule has 2 nitrogen and oxygen atoms in total. The number of nitrogens with one attached hydrogen (secondary N) is 1. The van der Waals surface area contributed by atoms with E-state index in [4.69, 9.17) is 0 Å². The van der Waals surface area contributed by atoms with Gasteiger partial charge in [-0.05, 0) is 41.5 Å². The highest BCUT2D eigenvalue weighted by Gasteiger charge is 2.13. The number of aromatic nitrogens is 1. The fraction of sp³-hybridized carbons (Fsp3) is 0.0556. The summed E-state index contributed by atoms with van der Waals surface area (Å²) in [4.78, 5) is 4.11. The fourth-order valence-electron chi connectivity index (χ4n) is 2.31. The normalized spacial score (nSPS) is 11.9. The van der Waals surface area contributed by atoms with Crippen LogP contribution < -0.4 is 5.32 Å². The molecule has 0 bridgehead atoms. The van der Waals surface area contributed by atoms with Crippen molar-refractivity contribution in [1.82, 2.24) is 4.98 Å². The third kappa shape index (κ3) is 3.50. The summed E-state index contributed by atoms with van der Waals surface area (Å²) in [5, 5.41) is 3.59. The number of benzene rings is 2. The molecule has 0 saturated heterocycles. The van der Waals surface area contributed by atoms with Crippen LogP contribution in [0.1, 0.15) is 17.2 Å². The lowest BCUT2D eigenvalue weighted by Gasteiger charge is -2.21. The summed E-state index contributed by atoms with van der Waals surface area (Å²) < 4.78 is 1.06. The van der Waals surface area contributed by atoms with Crippen molar-refractivity contribution >= 4 is 21.6 Å². The van der Waals surface area contributed by atoms with Gasteiger partial charge in [-0.1, -0.05) is 52.3 Å². The highest BCUT2D eigenvalue weighted by atomic mass is 79.9. The van der Waals surface area contributed by atoms with Crippen molar-refractivity contribution in [3.63, 3.8) is 0 Å². The summed E-state index contributed by atoms with van der Waals surface area (Å²) in [7, 11) is 0. The van der Waals surface area contributed by atoms with Crippen LogP contribution in [-0.2, 0) is 0 Å². The summed E-state index contributed by atoms with van der Waals surface area (Å²) in [6.07, 6.45) is 3.65. The second-order valence-electron chi connectivity index (χ2n) is 4.78. The summed E-state index contributed by atoms with van der Waals surface area (Å²) in [6, 6.07) is 22.8. The van der Waals surface area contributed by atoms with Crippen LogP contribution in [0.5, 0.6) is 0 Å². The predicted molar refractivity (Wildman–Crippen MR) is 90.3 cm³/mol. The molecule has 1 aromatic heterocycles. The minimum atomic E-state index is 0.100. The van der Waals surface area contributed by atoms with Crippen LogP contribution in [0.2, 0.25) is 0 Å². The van der Waals surface area contributed by atoms with Crippen molar-refractivity contribution < 1.29 is 0 Å². The summed E-state index contributed by atoms with van der Waals surface area (Å²) in [6.45, 7) is 0. The Balaban J connectivity index is 1.97. The number of halogens is 1. The molecule has 104 valence electrons. The zero-order chi connectivity index (χ0) is 14.5. The number of hydrogen-bond donors (Lipinski definition) is 1. The highest BCUT2D eigenvalue weighted by Crippen LogP contribution is 2.27. The van der Waals surface area contributed by atoms with Crippen molar-refractivity contribution in [3.05, 3.63) is 94.7 Å². The third-order valence-electron chi connectivity index (χ3n) is 3.31. The Morgan fingerprint density at radius 2 is 1.52 bits per heavy atom. The minimum absolute atomic E-state index is 0.100. The van der Waals surface area contributed by atoms with Gasteiger partial charge in [0.1, 0.15) is 0 Å². The molecule has 0 saturated carbocycles. The zero-order valence-electron chi connectivity index (χ0n) is 11.4. The van der Waals surface area contributed by atoms with E-state index >= 15 is 0 Å². The minimum Gasteiger partial charge on any atom is -0.374 e. The molecule has 0 spiro atoms. The molecule has 1 atom stereocenters. The van der Waals surface area contributed by atoms with E-state index < -0.39 is 0 Å². The number of anilines is 1. The van der Waals surface area contributed by atoms with Crippen molar-refractivity contribution in [3.8, 4) is 0 Å². The lowest BCUT2D eigenvalue weighted by Crippen LogP contribution is -2.12. The Bertz CT molecular complexity index is 659. The van der Waals surface area contributed by atoms with E-state index in [9.17, 15) is 0 Å². The van der Waals surface area contributed by atoms with Crippen molar-refractivity contribution in [2.75, 3.05) is 5.32 Å². The highest BCUT2D eigenvalue weighted by molar-refractivity contribution is 9.10. The van der Waals surface area contributed by atoms with E-state index in [1.54, 1.807) is 0 Å². The van der Waals surface area contributed by atoms with Gasteiger partial charge >= 0.3 is 0 Å². The molecule has 1 N–H and O–H groups in total. The Morgan fingerprint density at radius 1 is 0.810 bits per heavy atom. The number of rotatable bonds is 4. The molecule has 1 unspecified atom stereocenters. The first-order chi connectivity index (χ1) is 10.3. The lowest BCUT2D eigenvalue weighted by atomic mass is 9.99. The van der Waals surface area contributed by atoms with Crippen LogP contribution in [-0.4, -0.2) is 4.98 Å². The monoisotopic (exact) mass is 338 g/mol.